The molecule has 0 saturated heterocycles. The van der Waals surface area contributed by atoms with Crippen molar-refractivity contribution in [3.8, 4) is 22.8 Å². The number of halogens is 2. The van der Waals surface area contributed by atoms with E-state index in [1.54, 1.807) is 37.4 Å². The number of hydrogen-bond acceptors (Lipinski definition) is 6. The summed E-state index contributed by atoms with van der Waals surface area (Å²) in [6, 6.07) is 13.8. The predicted octanol–water partition coefficient (Wildman–Crippen LogP) is 5.93. The minimum absolute atomic E-state index is 0.0485. The van der Waals surface area contributed by atoms with Gasteiger partial charge in [0.15, 0.2) is 0 Å². The Morgan fingerprint density at radius 3 is 2.60 bits per heavy atom. The van der Waals surface area contributed by atoms with Gasteiger partial charge in [-0.15, -0.1) is 0 Å². The number of pyridine rings is 2. The lowest BCUT2D eigenvalue weighted by atomic mass is 9.93. The van der Waals surface area contributed by atoms with Crippen molar-refractivity contribution < 1.29 is 23.5 Å². The standard InChI is InChI=1S/C31H29ClFN3O3.CH3NO/c1-16-15-39-30-23(16)13-26(36-29(30)19-6-8-22(33)9-7-19)24(18-4-5-18)14-34-31(37)21-10-20-11-25(32)17(2)35-28(20)27(12-21)38-3;2-1-3/h6-13,16,18,24H,4-5,14-15H2,1-3H3,(H,34,37);1H,(H2,2,3). The maximum absolute atomic E-state index is 13.6. The fourth-order valence-corrected chi connectivity index (χ4v) is 5.47. The van der Waals surface area contributed by atoms with E-state index in [2.05, 4.69) is 29.0 Å². The van der Waals surface area contributed by atoms with Crippen LogP contribution in [0.4, 0.5) is 4.39 Å². The van der Waals surface area contributed by atoms with Gasteiger partial charge < -0.3 is 20.5 Å². The third kappa shape index (κ3) is 6.01. The van der Waals surface area contributed by atoms with Crippen molar-refractivity contribution in [1.29, 1.82) is 0 Å². The molecular formula is C32H32ClFN4O4. The van der Waals surface area contributed by atoms with Crippen LogP contribution in [0, 0.1) is 18.7 Å². The van der Waals surface area contributed by atoms with Crippen molar-refractivity contribution in [3.63, 3.8) is 0 Å². The number of aryl methyl sites for hydroxylation is 1. The van der Waals surface area contributed by atoms with E-state index in [1.807, 2.05) is 6.92 Å². The normalized spacial score (nSPS) is 16.1. The van der Waals surface area contributed by atoms with Crippen LogP contribution in [-0.4, -0.2) is 42.5 Å². The molecule has 2 aromatic heterocycles. The summed E-state index contributed by atoms with van der Waals surface area (Å²) >= 11 is 6.30. The van der Waals surface area contributed by atoms with Crippen LogP contribution >= 0.6 is 11.6 Å². The smallest absolute Gasteiger partial charge is 0.251 e. The molecule has 3 heterocycles. The maximum atomic E-state index is 13.6. The fraction of sp³-hybridized carbons (Fsp3) is 0.312. The van der Waals surface area contributed by atoms with Crippen molar-refractivity contribution >= 4 is 34.8 Å². The highest BCUT2D eigenvalue weighted by Crippen LogP contribution is 2.46. The first kappa shape index (κ1) is 29.3. The zero-order valence-electron chi connectivity index (χ0n) is 23.6. The topological polar surface area (TPSA) is 116 Å². The number of nitrogens with one attached hydrogen (secondary N) is 1. The number of hydrogen-bond donors (Lipinski definition) is 2. The van der Waals surface area contributed by atoms with Crippen LogP contribution in [-0.2, 0) is 4.79 Å². The van der Waals surface area contributed by atoms with Crippen molar-refractivity contribution in [3.05, 3.63) is 81.9 Å². The second kappa shape index (κ2) is 12.3. The van der Waals surface area contributed by atoms with Gasteiger partial charge in [0.05, 0.1) is 24.4 Å². The van der Waals surface area contributed by atoms with Crippen LogP contribution in [0.1, 0.15) is 58.9 Å². The third-order valence-corrected chi connectivity index (χ3v) is 8.08. The van der Waals surface area contributed by atoms with E-state index in [4.69, 9.17) is 30.9 Å². The van der Waals surface area contributed by atoms with Gasteiger partial charge in [0, 0.05) is 46.2 Å². The van der Waals surface area contributed by atoms with Gasteiger partial charge in [0.2, 0.25) is 6.41 Å². The van der Waals surface area contributed by atoms with E-state index >= 15 is 0 Å². The average molecular weight is 591 g/mol. The molecule has 8 nitrogen and oxygen atoms in total. The summed E-state index contributed by atoms with van der Waals surface area (Å²) < 4.78 is 25.2. The number of methoxy groups -OCH3 is 1. The van der Waals surface area contributed by atoms with Crippen LogP contribution in [0.5, 0.6) is 11.5 Å². The van der Waals surface area contributed by atoms with Gasteiger partial charge in [-0.2, -0.15) is 0 Å². The molecule has 0 bridgehead atoms. The van der Waals surface area contributed by atoms with Crippen molar-refractivity contribution in [2.45, 2.75) is 38.5 Å². The molecule has 4 aromatic rings. The zero-order valence-corrected chi connectivity index (χ0v) is 24.4. The summed E-state index contributed by atoms with van der Waals surface area (Å²) in [4.78, 5) is 31.5. The Hall–Kier alpha value is -4.24. The Labute approximate surface area is 248 Å². The summed E-state index contributed by atoms with van der Waals surface area (Å²) in [5.41, 5.74) is 9.58. The SMILES string of the molecule is COc1cc(C(=O)NCC(c2cc3c(c(-c4ccc(F)cc4)n2)OCC3C)C2CC2)cc2cc(Cl)c(C)nc12.NC=O. The van der Waals surface area contributed by atoms with Gasteiger partial charge in [-0.05, 0) is 74.2 Å². The fourth-order valence-electron chi connectivity index (χ4n) is 5.31. The van der Waals surface area contributed by atoms with E-state index in [9.17, 15) is 9.18 Å². The Kier molecular flexibility index (Phi) is 8.59. The van der Waals surface area contributed by atoms with E-state index in [1.165, 1.54) is 12.1 Å². The minimum Gasteiger partial charge on any atom is -0.494 e. The monoisotopic (exact) mass is 590 g/mol. The van der Waals surface area contributed by atoms with Gasteiger partial charge in [-0.25, -0.2) is 14.4 Å². The summed E-state index contributed by atoms with van der Waals surface area (Å²) in [6.45, 7) is 5.00. The van der Waals surface area contributed by atoms with E-state index in [0.717, 1.165) is 46.5 Å². The lowest BCUT2D eigenvalue weighted by Gasteiger charge is -2.20. The molecule has 2 atom stereocenters. The highest BCUT2D eigenvalue weighted by atomic mass is 35.5. The van der Waals surface area contributed by atoms with Gasteiger partial charge >= 0.3 is 0 Å². The Morgan fingerprint density at radius 1 is 1.21 bits per heavy atom. The maximum Gasteiger partial charge on any atom is 0.251 e. The number of nitrogens with zero attached hydrogens (tertiary/aromatic N) is 2. The molecule has 1 fully saturated rings. The molecule has 0 radical (unpaired) electrons. The van der Waals surface area contributed by atoms with Gasteiger partial charge in [-0.3, -0.25) is 9.59 Å². The molecule has 2 amide bonds. The number of ether oxygens (including phenoxy) is 2. The van der Waals surface area contributed by atoms with Gasteiger partial charge in [0.25, 0.3) is 5.91 Å². The van der Waals surface area contributed by atoms with Crippen molar-refractivity contribution in [2.24, 2.45) is 11.7 Å². The predicted molar refractivity (Wildman–Crippen MR) is 160 cm³/mol. The number of aromatic nitrogens is 2. The van der Waals surface area contributed by atoms with E-state index in [0.29, 0.717) is 46.6 Å². The summed E-state index contributed by atoms with van der Waals surface area (Å²) in [5.74, 6) is 1.51. The number of primary amides is 1. The molecular weight excluding hydrogens is 559 g/mol. The highest BCUT2D eigenvalue weighted by molar-refractivity contribution is 6.31. The van der Waals surface area contributed by atoms with Crippen LogP contribution in [0.3, 0.4) is 0 Å². The van der Waals surface area contributed by atoms with Crippen molar-refractivity contribution in [2.75, 3.05) is 20.3 Å². The lowest BCUT2D eigenvalue weighted by Crippen LogP contribution is -2.29. The number of amides is 2. The quantitative estimate of drug-likeness (QED) is 0.258. The Morgan fingerprint density at radius 2 is 1.93 bits per heavy atom. The number of rotatable bonds is 7. The molecule has 2 aliphatic rings. The highest BCUT2D eigenvalue weighted by Gasteiger charge is 2.36. The number of carbonyl (C=O) groups is 2. The van der Waals surface area contributed by atoms with Crippen LogP contribution in [0.15, 0.2) is 48.5 Å². The molecule has 1 aliphatic heterocycles. The molecule has 3 N–H and O–H groups in total. The molecule has 2 unspecified atom stereocenters. The molecule has 2 aromatic carbocycles. The summed E-state index contributed by atoms with van der Waals surface area (Å²) in [7, 11) is 1.56. The molecule has 10 heteroatoms. The molecule has 42 heavy (non-hydrogen) atoms. The third-order valence-electron chi connectivity index (χ3n) is 7.70. The van der Waals surface area contributed by atoms with Gasteiger partial charge in [0.1, 0.15) is 28.5 Å². The second-order valence-electron chi connectivity index (χ2n) is 10.6. The average Bonchev–Trinajstić information content (AvgIpc) is 3.75. The van der Waals surface area contributed by atoms with E-state index in [-0.39, 0.29) is 30.0 Å². The Balaban J connectivity index is 0.00000113. The zero-order chi connectivity index (χ0) is 30.0. The first-order valence-corrected chi connectivity index (χ1v) is 14.1. The lowest BCUT2D eigenvalue weighted by molar-refractivity contribution is -0.106. The number of benzene rings is 2. The summed E-state index contributed by atoms with van der Waals surface area (Å²) in [5, 5.41) is 4.42. The molecule has 1 saturated carbocycles. The number of nitrogens with two attached hydrogens (primary N) is 1. The number of carbonyl (C=O) groups excluding carboxylic acids is 2. The second-order valence-corrected chi connectivity index (χ2v) is 11.0. The molecule has 0 spiro atoms. The van der Waals surface area contributed by atoms with Crippen LogP contribution in [0.25, 0.3) is 22.2 Å². The first-order chi connectivity index (χ1) is 20.2. The summed E-state index contributed by atoms with van der Waals surface area (Å²) in [6.07, 6.45) is 2.43. The largest absolute Gasteiger partial charge is 0.494 e. The van der Waals surface area contributed by atoms with E-state index < -0.39 is 0 Å². The van der Waals surface area contributed by atoms with Crippen LogP contribution < -0.4 is 20.5 Å². The molecule has 1 aliphatic carbocycles. The first-order valence-electron chi connectivity index (χ1n) is 13.8. The van der Waals surface area contributed by atoms with Crippen molar-refractivity contribution in [1.82, 2.24) is 15.3 Å². The van der Waals surface area contributed by atoms with Gasteiger partial charge in [-0.1, -0.05) is 18.5 Å². The molecule has 6 rings (SSSR count). The van der Waals surface area contributed by atoms with Crippen LogP contribution in [0.2, 0.25) is 5.02 Å². The minimum atomic E-state index is -0.294. The number of fused-ring (bicyclic) bond motifs is 2. The molecule has 218 valence electrons. The Bertz CT molecular complexity index is 1640.